The second kappa shape index (κ2) is 5.15. The lowest BCUT2D eigenvalue weighted by Crippen LogP contribution is -2.26. The lowest BCUT2D eigenvalue weighted by Gasteiger charge is -2.05. The molecular formula is C9H12N2O5. The molecule has 0 aliphatic rings. The second-order valence-electron chi connectivity index (χ2n) is 3.36. The predicted octanol–water partition coefficient (Wildman–Crippen LogP) is -0.192. The lowest BCUT2D eigenvalue weighted by atomic mass is 10.1. The molecule has 0 aliphatic carbocycles. The van der Waals surface area contributed by atoms with Crippen LogP contribution in [0.25, 0.3) is 0 Å². The van der Waals surface area contributed by atoms with E-state index in [9.17, 15) is 14.4 Å². The van der Waals surface area contributed by atoms with Crippen molar-refractivity contribution in [2.45, 2.75) is 13.3 Å². The molecule has 1 rings (SSSR count). The predicted molar refractivity (Wildman–Crippen MR) is 53.1 cm³/mol. The third-order valence-electron chi connectivity index (χ3n) is 2.03. The van der Waals surface area contributed by atoms with E-state index in [1.807, 2.05) is 5.16 Å². The molecular weight excluding hydrogens is 216 g/mol. The fourth-order valence-corrected chi connectivity index (χ4v) is 1.01. The number of hydrogen-bond donors (Lipinski definition) is 3. The molecule has 0 aliphatic heterocycles. The Balaban J connectivity index is 2.36. The summed E-state index contributed by atoms with van der Waals surface area (Å²) in [6, 6.07) is 1.02. The summed E-state index contributed by atoms with van der Waals surface area (Å²) < 4.78 is 4.57. The molecule has 1 amide bonds. The smallest absolute Gasteiger partial charge is 0.306 e. The molecule has 1 atom stereocenters. The molecule has 7 nitrogen and oxygen atoms in total. The van der Waals surface area contributed by atoms with Crippen LogP contribution in [0.5, 0.6) is 0 Å². The Morgan fingerprint density at radius 1 is 1.62 bits per heavy atom. The van der Waals surface area contributed by atoms with Crippen LogP contribution >= 0.6 is 0 Å². The molecule has 1 heterocycles. The number of aliphatic carboxylic acids is 1. The number of H-pyrrole nitrogens is 1. The lowest BCUT2D eigenvalue weighted by molar-refractivity contribution is -0.141. The normalized spacial score (nSPS) is 12.1. The Bertz CT molecular complexity index is 433. The van der Waals surface area contributed by atoms with Crippen molar-refractivity contribution < 1.29 is 19.2 Å². The zero-order valence-electron chi connectivity index (χ0n) is 8.65. The maximum atomic E-state index is 11.3. The van der Waals surface area contributed by atoms with Crippen molar-refractivity contribution in [2.24, 2.45) is 5.92 Å². The summed E-state index contributed by atoms with van der Waals surface area (Å²) in [7, 11) is 0. The van der Waals surface area contributed by atoms with Crippen molar-refractivity contribution in [2.75, 3.05) is 6.54 Å². The van der Waals surface area contributed by atoms with E-state index in [1.54, 1.807) is 6.92 Å². The fourth-order valence-electron chi connectivity index (χ4n) is 1.01. The first-order valence-electron chi connectivity index (χ1n) is 4.70. The van der Waals surface area contributed by atoms with Crippen molar-refractivity contribution in [3.05, 3.63) is 22.2 Å². The first-order valence-corrected chi connectivity index (χ1v) is 4.70. The highest BCUT2D eigenvalue weighted by atomic mass is 16.5. The Kier molecular flexibility index (Phi) is 3.87. The van der Waals surface area contributed by atoms with E-state index < -0.39 is 23.4 Å². The fraction of sp³-hybridized carbons (Fsp3) is 0.444. The van der Waals surface area contributed by atoms with Gasteiger partial charge in [-0.1, -0.05) is 6.92 Å². The van der Waals surface area contributed by atoms with Gasteiger partial charge in [-0.15, -0.1) is 0 Å². The molecule has 0 unspecified atom stereocenters. The zero-order chi connectivity index (χ0) is 12.1. The molecule has 7 heteroatoms. The zero-order valence-corrected chi connectivity index (χ0v) is 8.65. The van der Waals surface area contributed by atoms with Crippen molar-refractivity contribution in [3.63, 3.8) is 0 Å². The monoisotopic (exact) mass is 228 g/mol. The van der Waals surface area contributed by atoms with Crippen LogP contribution in [-0.2, 0) is 4.79 Å². The minimum Gasteiger partial charge on any atom is -0.481 e. The number of nitrogens with one attached hydrogen (secondary N) is 2. The van der Waals surface area contributed by atoms with Gasteiger partial charge in [0.15, 0.2) is 0 Å². The molecule has 88 valence electrons. The van der Waals surface area contributed by atoms with E-state index in [4.69, 9.17) is 5.11 Å². The van der Waals surface area contributed by atoms with Gasteiger partial charge >= 0.3 is 5.97 Å². The molecule has 0 fully saturated rings. The Morgan fingerprint density at radius 3 is 2.81 bits per heavy atom. The van der Waals surface area contributed by atoms with Gasteiger partial charge in [0, 0.05) is 6.54 Å². The van der Waals surface area contributed by atoms with Gasteiger partial charge in [-0.3, -0.25) is 14.4 Å². The second-order valence-corrected chi connectivity index (χ2v) is 3.36. The van der Waals surface area contributed by atoms with Crippen LogP contribution in [0.15, 0.2) is 15.4 Å². The highest BCUT2D eigenvalue weighted by Gasteiger charge is 2.13. The van der Waals surface area contributed by atoms with Gasteiger partial charge in [-0.25, -0.2) is 0 Å². The molecule has 16 heavy (non-hydrogen) atoms. The average Bonchev–Trinajstić information content (AvgIpc) is 2.64. The van der Waals surface area contributed by atoms with Crippen LogP contribution in [0.2, 0.25) is 0 Å². The van der Waals surface area contributed by atoms with E-state index in [0.717, 1.165) is 6.07 Å². The van der Waals surface area contributed by atoms with E-state index in [2.05, 4.69) is 9.84 Å². The van der Waals surface area contributed by atoms with Gasteiger partial charge < -0.3 is 14.9 Å². The van der Waals surface area contributed by atoms with Crippen molar-refractivity contribution in [3.8, 4) is 0 Å². The molecule has 0 aromatic carbocycles. The number of amides is 1. The summed E-state index contributed by atoms with van der Waals surface area (Å²) in [5.74, 6) is -2.11. The van der Waals surface area contributed by atoms with Crippen molar-refractivity contribution in [1.29, 1.82) is 0 Å². The number of carbonyl (C=O) groups is 2. The van der Waals surface area contributed by atoms with E-state index in [0.29, 0.717) is 6.42 Å². The minimum atomic E-state index is -0.914. The maximum Gasteiger partial charge on any atom is 0.306 e. The Hall–Kier alpha value is -2.05. The number of aromatic amines is 1. The van der Waals surface area contributed by atoms with Gasteiger partial charge in [0.25, 0.3) is 11.5 Å². The summed E-state index contributed by atoms with van der Waals surface area (Å²) in [4.78, 5) is 32.4. The topological polar surface area (TPSA) is 112 Å². The highest BCUT2D eigenvalue weighted by molar-refractivity contribution is 5.91. The highest BCUT2D eigenvalue weighted by Crippen LogP contribution is 2.00. The Labute approximate surface area is 90.4 Å². The summed E-state index contributed by atoms with van der Waals surface area (Å²) in [5.41, 5.74) is -0.496. The largest absolute Gasteiger partial charge is 0.481 e. The van der Waals surface area contributed by atoms with Crippen LogP contribution in [-0.4, -0.2) is 28.7 Å². The summed E-state index contributed by atoms with van der Waals surface area (Å²) in [6.45, 7) is 1.76. The molecule has 0 bridgehead atoms. The number of carbonyl (C=O) groups excluding carboxylic acids is 1. The third-order valence-corrected chi connectivity index (χ3v) is 2.03. The van der Waals surface area contributed by atoms with Gasteiger partial charge in [0.2, 0.25) is 5.76 Å². The first-order chi connectivity index (χ1) is 7.50. The summed E-state index contributed by atoms with van der Waals surface area (Å²) >= 11 is 0. The van der Waals surface area contributed by atoms with Crippen molar-refractivity contribution >= 4 is 11.9 Å². The molecule has 3 N–H and O–H groups in total. The molecule has 1 aromatic heterocycles. The first kappa shape index (κ1) is 12.0. The van der Waals surface area contributed by atoms with Gasteiger partial charge in [-0.05, 0) is 6.42 Å². The average molecular weight is 228 g/mol. The van der Waals surface area contributed by atoms with E-state index >= 15 is 0 Å². The van der Waals surface area contributed by atoms with Gasteiger partial charge in [0.1, 0.15) is 0 Å². The van der Waals surface area contributed by atoms with Crippen LogP contribution in [0.4, 0.5) is 0 Å². The Morgan fingerprint density at radius 2 is 2.31 bits per heavy atom. The van der Waals surface area contributed by atoms with Crippen molar-refractivity contribution in [1.82, 2.24) is 10.5 Å². The number of carboxylic acids is 1. The maximum absolute atomic E-state index is 11.3. The SMILES string of the molecule is C[C@H](CCNC(=O)c1cc(=O)[nH]o1)C(=O)O. The quantitative estimate of drug-likeness (QED) is 0.646. The van der Waals surface area contributed by atoms with E-state index in [1.165, 1.54) is 0 Å². The van der Waals surface area contributed by atoms with Gasteiger partial charge in [0.05, 0.1) is 12.0 Å². The number of carboxylic acid groups (broad SMARTS) is 1. The molecule has 0 saturated heterocycles. The van der Waals surface area contributed by atoms with E-state index in [-0.39, 0.29) is 12.3 Å². The third kappa shape index (κ3) is 3.26. The summed E-state index contributed by atoms with van der Waals surface area (Å²) in [5, 5.41) is 13.0. The van der Waals surface area contributed by atoms with Crippen LogP contribution in [0.3, 0.4) is 0 Å². The molecule has 1 aromatic rings. The van der Waals surface area contributed by atoms with Gasteiger partial charge in [-0.2, -0.15) is 5.16 Å². The molecule has 0 radical (unpaired) electrons. The van der Waals surface area contributed by atoms with Crippen LogP contribution in [0, 0.1) is 5.92 Å². The number of hydrogen-bond acceptors (Lipinski definition) is 4. The van der Waals surface area contributed by atoms with Crippen LogP contribution in [0.1, 0.15) is 23.9 Å². The molecule has 0 spiro atoms. The molecule has 0 saturated carbocycles. The number of rotatable bonds is 5. The minimum absolute atomic E-state index is 0.118. The van der Waals surface area contributed by atoms with Crippen LogP contribution < -0.4 is 10.9 Å². The summed E-state index contributed by atoms with van der Waals surface area (Å²) in [6.07, 6.45) is 0.315. The number of aromatic nitrogens is 1. The standard InChI is InChI=1S/C9H12N2O5/c1-5(9(14)15)2-3-10-8(13)6-4-7(12)11-16-6/h4-5H,2-3H2,1H3,(H,10,13)(H,11,12)(H,14,15)/t5-/m1/s1.